The van der Waals surface area contributed by atoms with Gasteiger partial charge in [-0.25, -0.2) is 0 Å². The molecule has 0 N–H and O–H groups in total. The fraction of sp³-hybridized carbons (Fsp3) is 0.263. The van der Waals surface area contributed by atoms with E-state index in [0.717, 1.165) is 12.3 Å². The highest BCUT2D eigenvalue weighted by molar-refractivity contribution is 5.85. The topological polar surface area (TPSA) is 14.2 Å². The highest BCUT2D eigenvalue weighted by Gasteiger charge is 2.04. The molecule has 3 rings (SSSR count). The Hall–Kier alpha value is -2.22. The molecule has 0 aliphatic heterocycles. The van der Waals surface area contributed by atoms with E-state index in [4.69, 9.17) is 4.74 Å². The molecule has 0 spiro atoms. The summed E-state index contributed by atoms with van der Waals surface area (Å²) in [5, 5.41) is 1.18. The van der Waals surface area contributed by atoms with Crippen molar-refractivity contribution in [1.29, 1.82) is 0 Å². The molecule has 1 heterocycles. The fourth-order valence-corrected chi connectivity index (χ4v) is 2.60. The smallest absolute Gasteiger partial charge is 0.118 e. The standard InChI is InChI=1S/C19H20NO/c1-3-4-12-20-13-11-17-14-16(7-10-19(17)20)15-5-8-18(21-2)9-6-15/h5-10,13-14H,3-4,12H2,1-2H3. The van der Waals surface area contributed by atoms with Gasteiger partial charge in [-0.05, 0) is 41.8 Å². The molecule has 3 aromatic rings. The minimum atomic E-state index is 0.886. The van der Waals surface area contributed by atoms with Crippen LogP contribution in [0.1, 0.15) is 19.8 Å². The zero-order valence-corrected chi connectivity index (χ0v) is 12.6. The summed E-state index contributed by atoms with van der Waals surface area (Å²) in [5.74, 6) is 0.886. The molecule has 0 aliphatic carbocycles. The van der Waals surface area contributed by atoms with Gasteiger partial charge in [-0.2, -0.15) is 0 Å². The molecule has 0 saturated heterocycles. The SMILES string of the molecule is CCCCn1c[c]c2cc(-c3ccc(OC)cc3)ccc21. The Balaban J connectivity index is 1.93. The molecule has 1 radical (unpaired) electrons. The van der Waals surface area contributed by atoms with Crippen LogP contribution in [0.15, 0.2) is 48.7 Å². The molecule has 0 fully saturated rings. The first-order valence-corrected chi connectivity index (χ1v) is 7.47. The van der Waals surface area contributed by atoms with Crippen LogP contribution in [0.3, 0.4) is 0 Å². The number of unbranched alkanes of at least 4 members (excludes halogenated alkanes) is 1. The van der Waals surface area contributed by atoms with Crippen LogP contribution in [0.25, 0.3) is 22.0 Å². The van der Waals surface area contributed by atoms with Crippen LogP contribution < -0.4 is 4.74 Å². The molecule has 2 nitrogen and oxygen atoms in total. The molecule has 0 aliphatic rings. The van der Waals surface area contributed by atoms with Crippen LogP contribution >= 0.6 is 0 Å². The number of rotatable bonds is 5. The second-order valence-corrected chi connectivity index (χ2v) is 5.28. The third-order valence-corrected chi connectivity index (χ3v) is 3.86. The highest BCUT2D eigenvalue weighted by Crippen LogP contribution is 2.26. The first-order valence-electron chi connectivity index (χ1n) is 7.47. The average Bonchev–Trinajstić information content (AvgIpc) is 2.95. The van der Waals surface area contributed by atoms with Gasteiger partial charge in [-0.1, -0.05) is 31.5 Å². The summed E-state index contributed by atoms with van der Waals surface area (Å²) in [6, 6.07) is 18.1. The lowest BCUT2D eigenvalue weighted by molar-refractivity contribution is 0.415. The number of fused-ring (bicyclic) bond motifs is 1. The molecular formula is C19H20NO. The lowest BCUT2D eigenvalue weighted by atomic mass is 10.0. The van der Waals surface area contributed by atoms with Crippen molar-refractivity contribution in [3.63, 3.8) is 0 Å². The van der Waals surface area contributed by atoms with E-state index in [9.17, 15) is 0 Å². The Morgan fingerprint density at radius 2 is 1.81 bits per heavy atom. The average molecular weight is 278 g/mol. The number of hydrogen-bond donors (Lipinski definition) is 0. The van der Waals surface area contributed by atoms with Gasteiger partial charge in [0.05, 0.1) is 7.11 Å². The van der Waals surface area contributed by atoms with Gasteiger partial charge in [0, 0.05) is 29.7 Å². The van der Waals surface area contributed by atoms with E-state index in [0.29, 0.717) is 0 Å². The number of ether oxygens (including phenoxy) is 1. The van der Waals surface area contributed by atoms with E-state index in [-0.39, 0.29) is 0 Å². The quantitative estimate of drug-likeness (QED) is 0.646. The van der Waals surface area contributed by atoms with Crippen molar-refractivity contribution in [2.45, 2.75) is 26.3 Å². The molecular weight excluding hydrogens is 258 g/mol. The Bertz CT molecular complexity index is 725. The normalized spacial score (nSPS) is 11.0. The van der Waals surface area contributed by atoms with Gasteiger partial charge in [-0.3, -0.25) is 0 Å². The summed E-state index contributed by atoms with van der Waals surface area (Å²) in [4.78, 5) is 0. The summed E-state index contributed by atoms with van der Waals surface area (Å²) in [5.41, 5.74) is 3.68. The fourth-order valence-electron chi connectivity index (χ4n) is 2.60. The number of aromatic nitrogens is 1. The van der Waals surface area contributed by atoms with E-state index in [2.05, 4.69) is 54.1 Å². The number of aryl methyl sites for hydroxylation is 1. The molecule has 21 heavy (non-hydrogen) atoms. The summed E-state index contributed by atoms with van der Waals surface area (Å²) < 4.78 is 7.49. The summed E-state index contributed by atoms with van der Waals surface area (Å²) in [6.07, 6.45) is 4.49. The lowest BCUT2D eigenvalue weighted by Crippen LogP contribution is -1.94. The van der Waals surface area contributed by atoms with Crippen molar-refractivity contribution in [2.24, 2.45) is 0 Å². The Labute approximate surface area is 126 Å². The van der Waals surface area contributed by atoms with Crippen molar-refractivity contribution >= 4 is 10.9 Å². The minimum Gasteiger partial charge on any atom is -0.497 e. The molecule has 1 aromatic heterocycles. The predicted octanol–water partition coefficient (Wildman–Crippen LogP) is 4.92. The first-order chi connectivity index (χ1) is 10.3. The maximum absolute atomic E-state index is 5.21. The monoisotopic (exact) mass is 278 g/mol. The summed E-state index contributed by atoms with van der Waals surface area (Å²) >= 11 is 0. The molecule has 2 aromatic carbocycles. The Kier molecular flexibility index (Phi) is 3.96. The van der Waals surface area contributed by atoms with Crippen molar-refractivity contribution in [3.05, 3.63) is 54.7 Å². The van der Waals surface area contributed by atoms with Crippen LogP contribution in [-0.4, -0.2) is 11.7 Å². The van der Waals surface area contributed by atoms with E-state index < -0.39 is 0 Å². The maximum atomic E-state index is 5.21. The van der Waals surface area contributed by atoms with Crippen molar-refractivity contribution in [1.82, 2.24) is 4.57 Å². The van der Waals surface area contributed by atoms with E-state index in [1.165, 1.54) is 34.9 Å². The third-order valence-electron chi connectivity index (χ3n) is 3.86. The van der Waals surface area contributed by atoms with Crippen LogP contribution in [0.5, 0.6) is 5.75 Å². The zero-order chi connectivity index (χ0) is 14.7. The number of nitrogens with zero attached hydrogens (tertiary/aromatic N) is 1. The van der Waals surface area contributed by atoms with Crippen molar-refractivity contribution < 1.29 is 4.74 Å². The van der Waals surface area contributed by atoms with Gasteiger partial charge in [0.1, 0.15) is 5.75 Å². The van der Waals surface area contributed by atoms with Gasteiger partial charge in [0.25, 0.3) is 0 Å². The van der Waals surface area contributed by atoms with Crippen LogP contribution in [0.2, 0.25) is 0 Å². The minimum absolute atomic E-state index is 0.886. The number of methoxy groups -OCH3 is 1. The molecule has 0 saturated carbocycles. The number of benzene rings is 2. The van der Waals surface area contributed by atoms with E-state index >= 15 is 0 Å². The lowest BCUT2D eigenvalue weighted by Gasteiger charge is -2.06. The third kappa shape index (κ3) is 2.80. The van der Waals surface area contributed by atoms with Gasteiger partial charge in [-0.15, -0.1) is 0 Å². The Morgan fingerprint density at radius 3 is 2.52 bits per heavy atom. The van der Waals surface area contributed by atoms with Gasteiger partial charge >= 0.3 is 0 Å². The predicted molar refractivity (Wildman–Crippen MR) is 87.7 cm³/mol. The second kappa shape index (κ2) is 6.04. The zero-order valence-electron chi connectivity index (χ0n) is 12.6. The van der Waals surface area contributed by atoms with Crippen LogP contribution in [-0.2, 0) is 6.54 Å². The van der Waals surface area contributed by atoms with E-state index in [1.807, 2.05) is 12.1 Å². The molecule has 0 unspecified atom stereocenters. The first kappa shape index (κ1) is 13.7. The summed E-state index contributed by atoms with van der Waals surface area (Å²) in [7, 11) is 1.69. The molecule has 2 heteroatoms. The van der Waals surface area contributed by atoms with Crippen LogP contribution in [0.4, 0.5) is 0 Å². The molecule has 0 amide bonds. The Morgan fingerprint density at radius 1 is 1.05 bits per heavy atom. The number of hydrogen-bond acceptors (Lipinski definition) is 1. The van der Waals surface area contributed by atoms with Gasteiger partial charge in [0.15, 0.2) is 0 Å². The van der Waals surface area contributed by atoms with Crippen molar-refractivity contribution in [2.75, 3.05) is 7.11 Å². The molecule has 0 bridgehead atoms. The van der Waals surface area contributed by atoms with Crippen LogP contribution in [0, 0.1) is 6.07 Å². The maximum Gasteiger partial charge on any atom is 0.118 e. The molecule has 107 valence electrons. The van der Waals surface area contributed by atoms with Gasteiger partial charge in [0.2, 0.25) is 0 Å². The van der Waals surface area contributed by atoms with Gasteiger partial charge < -0.3 is 9.30 Å². The largest absolute Gasteiger partial charge is 0.497 e. The van der Waals surface area contributed by atoms with Crippen molar-refractivity contribution in [3.8, 4) is 16.9 Å². The second-order valence-electron chi connectivity index (χ2n) is 5.28. The van der Waals surface area contributed by atoms with E-state index in [1.54, 1.807) is 7.11 Å². The highest BCUT2D eigenvalue weighted by atomic mass is 16.5. The molecule has 0 atom stereocenters. The summed E-state index contributed by atoms with van der Waals surface area (Å²) in [6.45, 7) is 3.29.